The molecule has 1 atom stereocenters. The highest BCUT2D eigenvalue weighted by Gasteiger charge is 2.34. The van der Waals surface area contributed by atoms with E-state index in [4.69, 9.17) is 4.74 Å². The number of anilines is 2. The predicted molar refractivity (Wildman–Crippen MR) is 92.5 cm³/mol. The van der Waals surface area contributed by atoms with Crippen molar-refractivity contribution in [3.8, 4) is 0 Å². The van der Waals surface area contributed by atoms with Crippen molar-refractivity contribution >= 4 is 23.8 Å². The Morgan fingerprint density at radius 3 is 2.67 bits per heavy atom. The minimum Gasteiger partial charge on any atom is -0.442 e. The quantitative estimate of drug-likeness (QED) is 0.799. The van der Waals surface area contributed by atoms with Gasteiger partial charge in [-0.15, -0.1) is 5.10 Å². The molecule has 27 heavy (non-hydrogen) atoms. The first-order valence-electron chi connectivity index (χ1n) is 8.34. The summed E-state index contributed by atoms with van der Waals surface area (Å²) < 4.78 is 36.0. The second-order valence-electron chi connectivity index (χ2n) is 6.31. The molecule has 142 valence electrons. The van der Waals surface area contributed by atoms with E-state index in [-0.39, 0.29) is 17.9 Å². The third-order valence-corrected chi connectivity index (χ3v) is 4.39. The van der Waals surface area contributed by atoms with Crippen LogP contribution in [0.15, 0.2) is 29.6 Å². The molecule has 1 saturated heterocycles. The molecule has 0 saturated carbocycles. The summed E-state index contributed by atoms with van der Waals surface area (Å²) in [6, 6.07) is 2.26. The van der Waals surface area contributed by atoms with Crippen molar-refractivity contribution in [1.29, 1.82) is 0 Å². The van der Waals surface area contributed by atoms with Gasteiger partial charge in [-0.1, -0.05) is 5.21 Å². The lowest BCUT2D eigenvalue weighted by Crippen LogP contribution is -2.37. The highest BCUT2D eigenvalue weighted by molar-refractivity contribution is 5.90. The molecule has 2 aliphatic heterocycles. The first-order valence-corrected chi connectivity index (χ1v) is 8.34. The number of hydrazone groups is 1. The Bertz CT molecular complexity index is 851. The molecule has 1 aromatic carbocycles. The van der Waals surface area contributed by atoms with Gasteiger partial charge < -0.3 is 9.64 Å². The molecule has 0 aliphatic carbocycles. The summed E-state index contributed by atoms with van der Waals surface area (Å²) >= 11 is 0. The van der Waals surface area contributed by atoms with Crippen LogP contribution in [0.4, 0.5) is 25.0 Å². The van der Waals surface area contributed by atoms with E-state index in [0.717, 1.165) is 12.1 Å². The number of hydrogen-bond donors (Lipinski definition) is 0. The van der Waals surface area contributed by atoms with Crippen molar-refractivity contribution < 1.29 is 18.3 Å². The number of cyclic esters (lactones) is 1. The van der Waals surface area contributed by atoms with Crippen LogP contribution in [0.1, 0.15) is 0 Å². The van der Waals surface area contributed by atoms with Gasteiger partial charge in [0, 0.05) is 31.9 Å². The molecule has 0 N–H and O–H groups in total. The summed E-state index contributed by atoms with van der Waals surface area (Å²) in [6.07, 6.45) is 3.38. The Morgan fingerprint density at radius 2 is 2.04 bits per heavy atom. The number of rotatable bonds is 4. The fraction of sp³-hybridized carbons (Fsp3) is 0.375. The van der Waals surface area contributed by atoms with Crippen LogP contribution in [0.5, 0.6) is 0 Å². The van der Waals surface area contributed by atoms with Crippen LogP contribution in [-0.2, 0) is 11.3 Å². The van der Waals surface area contributed by atoms with Crippen molar-refractivity contribution in [3.05, 3.63) is 36.2 Å². The zero-order valence-corrected chi connectivity index (χ0v) is 14.5. The topological polar surface area (TPSA) is 79.1 Å². The molecule has 9 nitrogen and oxygen atoms in total. The van der Waals surface area contributed by atoms with Crippen molar-refractivity contribution in [3.63, 3.8) is 0 Å². The number of aromatic nitrogens is 3. The number of hydrogen-bond acceptors (Lipinski definition) is 7. The number of carbonyl (C=O) groups is 1. The van der Waals surface area contributed by atoms with E-state index in [1.54, 1.807) is 18.3 Å². The molecule has 11 heteroatoms. The van der Waals surface area contributed by atoms with Crippen LogP contribution < -0.4 is 9.80 Å². The molecule has 1 unspecified atom stereocenters. The largest absolute Gasteiger partial charge is 0.442 e. The molecular weight excluding hydrogens is 360 g/mol. The fourth-order valence-electron chi connectivity index (χ4n) is 3.04. The van der Waals surface area contributed by atoms with Crippen molar-refractivity contribution in [1.82, 2.24) is 20.0 Å². The van der Waals surface area contributed by atoms with Crippen LogP contribution in [0.3, 0.4) is 0 Å². The Hall–Kier alpha value is -3.24. The van der Waals surface area contributed by atoms with E-state index >= 15 is 0 Å². The lowest BCUT2D eigenvalue weighted by Gasteiger charge is -2.28. The molecule has 2 aromatic rings. The minimum atomic E-state index is -0.770. The third-order valence-electron chi connectivity index (χ3n) is 4.39. The Labute approximate surface area is 153 Å². The first-order chi connectivity index (χ1) is 13.0. The van der Waals surface area contributed by atoms with Gasteiger partial charge in [0.25, 0.3) is 0 Å². The number of carbonyl (C=O) groups excluding carboxylic acids is 1. The van der Waals surface area contributed by atoms with E-state index in [0.29, 0.717) is 19.6 Å². The van der Waals surface area contributed by atoms with Crippen LogP contribution in [0.2, 0.25) is 0 Å². The smallest absolute Gasteiger partial charge is 0.414 e. The number of ether oxygens (including phenoxy) is 1. The highest BCUT2D eigenvalue weighted by Crippen LogP contribution is 2.31. The van der Waals surface area contributed by atoms with Crippen molar-refractivity contribution in [2.45, 2.75) is 12.6 Å². The zero-order chi connectivity index (χ0) is 19.0. The van der Waals surface area contributed by atoms with E-state index in [1.807, 2.05) is 0 Å². The van der Waals surface area contributed by atoms with Crippen LogP contribution in [0.25, 0.3) is 0 Å². The molecule has 3 heterocycles. The normalized spacial score (nSPS) is 19.7. The lowest BCUT2D eigenvalue weighted by atomic mass is 10.2. The number of amides is 1. The monoisotopic (exact) mass is 377 g/mol. The van der Waals surface area contributed by atoms with Crippen LogP contribution in [0, 0.1) is 11.6 Å². The van der Waals surface area contributed by atoms with E-state index in [9.17, 15) is 13.6 Å². The van der Waals surface area contributed by atoms with Gasteiger partial charge in [-0.3, -0.25) is 9.91 Å². The average molecular weight is 377 g/mol. The molecule has 1 fully saturated rings. The van der Waals surface area contributed by atoms with Gasteiger partial charge >= 0.3 is 6.09 Å². The number of halogens is 2. The summed E-state index contributed by atoms with van der Waals surface area (Å²) in [6.45, 7) is 1.41. The van der Waals surface area contributed by atoms with Gasteiger partial charge in [-0.25, -0.2) is 18.3 Å². The summed E-state index contributed by atoms with van der Waals surface area (Å²) in [5.74, 6) is -1.54. The van der Waals surface area contributed by atoms with E-state index < -0.39 is 23.8 Å². The summed E-state index contributed by atoms with van der Waals surface area (Å²) in [5, 5.41) is 13.2. The molecule has 0 bridgehead atoms. The lowest BCUT2D eigenvalue weighted by molar-refractivity contribution is 0.129. The van der Waals surface area contributed by atoms with Crippen LogP contribution in [-0.4, -0.2) is 65.2 Å². The predicted octanol–water partition coefficient (Wildman–Crippen LogP) is 1.28. The number of likely N-dealkylation sites (N-methyl/N-ethyl adjacent to an activating group) is 1. The maximum atomic E-state index is 14.6. The van der Waals surface area contributed by atoms with Crippen molar-refractivity contribution in [2.24, 2.45) is 5.10 Å². The number of benzene rings is 1. The second-order valence-corrected chi connectivity index (χ2v) is 6.31. The second kappa shape index (κ2) is 6.82. The highest BCUT2D eigenvalue weighted by atomic mass is 19.1. The van der Waals surface area contributed by atoms with Gasteiger partial charge in [0.05, 0.1) is 31.5 Å². The van der Waals surface area contributed by atoms with Crippen LogP contribution >= 0.6 is 0 Å². The Balaban J connectivity index is 1.54. The summed E-state index contributed by atoms with van der Waals surface area (Å²) in [7, 11) is 1.78. The maximum Gasteiger partial charge on any atom is 0.414 e. The Morgan fingerprint density at radius 1 is 1.26 bits per heavy atom. The zero-order valence-electron chi connectivity index (χ0n) is 14.5. The SMILES string of the molecule is CN1CCN(c2c(F)cc(N3CC(Cn4ccnn4)OC3=O)cc2F)C=N1. The molecule has 2 aliphatic rings. The molecule has 0 radical (unpaired) electrons. The van der Waals surface area contributed by atoms with Gasteiger partial charge in [-0.2, -0.15) is 5.10 Å². The molecule has 0 spiro atoms. The van der Waals surface area contributed by atoms with Gasteiger partial charge in [-0.05, 0) is 0 Å². The standard InChI is InChI=1S/C16H17F2N7O2/c1-22-4-5-23(10-20-22)15-13(17)6-11(7-14(15)18)25-9-12(27-16(25)26)8-24-3-2-19-21-24/h2-3,6-7,10,12H,4-5,8-9H2,1H3. The average Bonchev–Trinajstić information content (AvgIpc) is 3.26. The molecule has 1 amide bonds. The Kier molecular flexibility index (Phi) is 4.34. The van der Waals surface area contributed by atoms with E-state index in [1.165, 1.54) is 27.0 Å². The molecule has 1 aromatic heterocycles. The number of nitrogens with zero attached hydrogens (tertiary/aromatic N) is 7. The third kappa shape index (κ3) is 3.39. The summed E-state index contributed by atoms with van der Waals surface area (Å²) in [4.78, 5) is 14.7. The van der Waals surface area contributed by atoms with Gasteiger partial charge in [0.1, 0.15) is 18.1 Å². The fourth-order valence-corrected chi connectivity index (χ4v) is 3.04. The molecule has 4 rings (SSSR count). The maximum absolute atomic E-state index is 14.6. The van der Waals surface area contributed by atoms with E-state index in [2.05, 4.69) is 15.4 Å². The van der Waals surface area contributed by atoms with Crippen molar-refractivity contribution in [2.75, 3.05) is 36.5 Å². The minimum absolute atomic E-state index is 0.103. The summed E-state index contributed by atoms with van der Waals surface area (Å²) in [5.41, 5.74) is -0.0896. The molecular formula is C16H17F2N7O2. The first kappa shape index (κ1) is 17.2. The van der Waals surface area contributed by atoms with Gasteiger partial charge in [0.2, 0.25) is 0 Å². The van der Waals surface area contributed by atoms with Gasteiger partial charge in [0.15, 0.2) is 11.6 Å².